The first-order valence-corrected chi connectivity index (χ1v) is 10.7. The van der Waals surface area contributed by atoms with Crippen molar-refractivity contribution in [1.29, 1.82) is 0 Å². The fourth-order valence-corrected chi connectivity index (χ4v) is 3.79. The van der Waals surface area contributed by atoms with Crippen molar-refractivity contribution in [1.82, 2.24) is 20.0 Å². The highest BCUT2D eigenvalue weighted by Crippen LogP contribution is 2.22. The summed E-state index contributed by atoms with van der Waals surface area (Å²) in [5, 5.41) is 7.62. The first kappa shape index (κ1) is 23.1. The highest BCUT2D eigenvalue weighted by molar-refractivity contribution is 6.33. The Kier molecular flexibility index (Phi) is 6.89. The van der Waals surface area contributed by atoms with Crippen LogP contribution in [0.25, 0.3) is 0 Å². The van der Waals surface area contributed by atoms with E-state index < -0.39 is 5.60 Å². The number of halogens is 2. The van der Waals surface area contributed by atoms with Crippen LogP contribution in [-0.2, 0) is 11.3 Å². The number of ether oxygens (including phenoxy) is 1. The van der Waals surface area contributed by atoms with Crippen LogP contribution in [-0.4, -0.2) is 51.4 Å². The van der Waals surface area contributed by atoms with Gasteiger partial charge in [0, 0.05) is 19.1 Å². The summed E-state index contributed by atoms with van der Waals surface area (Å²) in [6.07, 6.45) is 0.926. The normalized spacial score (nSPS) is 15.1. The zero-order valence-corrected chi connectivity index (χ0v) is 19.0. The minimum absolute atomic E-state index is 0.0675. The number of hydrogen-bond acceptors (Lipinski definition) is 4. The monoisotopic (exact) mass is 450 g/mol. The van der Waals surface area contributed by atoms with Crippen molar-refractivity contribution >= 4 is 23.6 Å². The van der Waals surface area contributed by atoms with Crippen molar-refractivity contribution in [2.45, 2.75) is 58.7 Å². The van der Waals surface area contributed by atoms with Gasteiger partial charge in [0.15, 0.2) is 0 Å². The van der Waals surface area contributed by atoms with E-state index in [0.29, 0.717) is 43.7 Å². The van der Waals surface area contributed by atoms with E-state index >= 15 is 0 Å². The SMILES string of the molecule is Cc1nn(Cc2ccc(F)cc2)c(Cl)c1C(=O)NC1CCN(C(=O)OC(C)(C)C)CC1. The third kappa shape index (κ3) is 5.97. The molecule has 0 bridgehead atoms. The van der Waals surface area contributed by atoms with Crippen LogP contribution < -0.4 is 5.32 Å². The predicted octanol–water partition coefficient (Wildman–Crippen LogP) is 4.16. The first-order valence-electron chi connectivity index (χ1n) is 10.3. The van der Waals surface area contributed by atoms with E-state index in [1.165, 1.54) is 16.8 Å². The maximum absolute atomic E-state index is 13.1. The van der Waals surface area contributed by atoms with Crippen LogP contribution in [0, 0.1) is 12.7 Å². The van der Waals surface area contributed by atoms with Crippen LogP contribution in [0.5, 0.6) is 0 Å². The summed E-state index contributed by atoms with van der Waals surface area (Å²) < 4.78 is 20.0. The predicted molar refractivity (Wildman–Crippen MR) is 116 cm³/mol. The van der Waals surface area contributed by atoms with Crippen molar-refractivity contribution in [3.8, 4) is 0 Å². The molecular formula is C22H28ClFN4O3. The fraction of sp³-hybridized carbons (Fsp3) is 0.500. The lowest BCUT2D eigenvalue weighted by molar-refractivity contribution is 0.0199. The number of rotatable bonds is 4. The van der Waals surface area contributed by atoms with Gasteiger partial charge in [-0.3, -0.25) is 4.79 Å². The lowest BCUT2D eigenvalue weighted by Crippen LogP contribution is -2.47. The Balaban J connectivity index is 1.59. The van der Waals surface area contributed by atoms with Gasteiger partial charge in [-0.2, -0.15) is 5.10 Å². The number of nitrogens with one attached hydrogen (secondary N) is 1. The first-order chi connectivity index (χ1) is 14.5. The minimum atomic E-state index is -0.537. The van der Waals surface area contributed by atoms with Crippen LogP contribution >= 0.6 is 11.6 Å². The average Bonchev–Trinajstić information content (AvgIpc) is 2.96. The summed E-state index contributed by atoms with van der Waals surface area (Å²) in [4.78, 5) is 26.7. The Morgan fingerprint density at radius 3 is 2.42 bits per heavy atom. The number of likely N-dealkylation sites (tertiary alicyclic amines) is 1. The van der Waals surface area contributed by atoms with Crippen molar-refractivity contribution in [3.63, 3.8) is 0 Å². The van der Waals surface area contributed by atoms with Gasteiger partial charge in [-0.25, -0.2) is 13.9 Å². The number of hydrogen-bond donors (Lipinski definition) is 1. The highest BCUT2D eigenvalue weighted by Gasteiger charge is 2.29. The molecular weight excluding hydrogens is 423 g/mol. The molecule has 1 aliphatic rings. The number of aryl methyl sites for hydroxylation is 1. The van der Waals surface area contributed by atoms with Gasteiger partial charge in [-0.05, 0) is 58.2 Å². The van der Waals surface area contributed by atoms with E-state index in [1.807, 2.05) is 20.8 Å². The van der Waals surface area contributed by atoms with E-state index in [-0.39, 0.29) is 29.0 Å². The van der Waals surface area contributed by atoms with E-state index in [4.69, 9.17) is 16.3 Å². The molecule has 168 valence electrons. The molecule has 1 aliphatic heterocycles. The quantitative estimate of drug-likeness (QED) is 0.758. The second-order valence-electron chi connectivity index (χ2n) is 8.75. The zero-order valence-electron chi connectivity index (χ0n) is 18.2. The maximum Gasteiger partial charge on any atom is 0.410 e. The van der Waals surface area contributed by atoms with E-state index in [2.05, 4.69) is 10.4 Å². The van der Waals surface area contributed by atoms with Gasteiger partial charge in [0.05, 0.1) is 17.8 Å². The second kappa shape index (κ2) is 9.26. The van der Waals surface area contributed by atoms with E-state index in [1.54, 1.807) is 24.0 Å². The lowest BCUT2D eigenvalue weighted by atomic mass is 10.0. The largest absolute Gasteiger partial charge is 0.444 e. The topological polar surface area (TPSA) is 76.5 Å². The summed E-state index contributed by atoms with van der Waals surface area (Å²) in [6.45, 7) is 8.59. The summed E-state index contributed by atoms with van der Waals surface area (Å²) >= 11 is 6.45. The summed E-state index contributed by atoms with van der Waals surface area (Å²) in [6, 6.07) is 5.98. The van der Waals surface area contributed by atoms with Crippen molar-refractivity contribution in [2.75, 3.05) is 13.1 Å². The Labute approximate surface area is 186 Å². The molecule has 2 heterocycles. The molecule has 1 aromatic carbocycles. The smallest absolute Gasteiger partial charge is 0.410 e. The van der Waals surface area contributed by atoms with Crippen molar-refractivity contribution < 1.29 is 18.7 Å². The van der Waals surface area contributed by atoms with Gasteiger partial charge in [-0.1, -0.05) is 23.7 Å². The molecule has 1 fully saturated rings. The third-order valence-electron chi connectivity index (χ3n) is 5.02. The molecule has 2 amide bonds. The number of amides is 2. The van der Waals surface area contributed by atoms with Crippen LogP contribution in [0.15, 0.2) is 24.3 Å². The Hall–Kier alpha value is -2.61. The molecule has 9 heteroatoms. The molecule has 0 saturated carbocycles. The Morgan fingerprint density at radius 2 is 1.84 bits per heavy atom. The Morgan fingerprint density at radius 1 is 1.23 bits per heavy atom. The zero-order chi connectivity index (χ0) is 22.8. The molecule has 1 aromatic heterocycles. The highest BCUT2D eigenvalue weighted by atomic mass is 35.5. The van der Waals surface area contributed by atoms with Crippen molar-refractivity contribution in [3.05, 3.63) is 52.1 Å². The maximum atomic E-state index is 13.1. The number of piperidine rings is 1. The Bertz CT molecular complexity index is 945. The molecule has 0 radical (unpaired) electrons. The van der Waals surface area contributed by atoms with Gasteiger partial charge in [0.2, 0.25) is 0 Å². The van der Waals surface area contributed by atoms with Gasteiger partial charge in [-0.15, -0.1) is 0 Å². The lowest BCUT2D eigenvalue weighted by Gasteiger charge is -2.33. The van der Waals surface area contributed by atoms with Crippen LogP contribution in [0.1, 0.15) is 55.2 Å². The summed E-state index contributed by atoms with van der Waals surface area (Å²) in [5.74, 6) is -0.604. The third-order valence-corrected chi connectivity index (χ3v) is 5.40. The number of nitrogens with zero attached hydrogens (tertiary/aromatic N) is 3. The van der Waals surface area contributed by atoms with Gasteiger partial charge in [0.25, 0.3) is 5.91 Å². The standard InChI is InChI=1S/C22H28ClFN4O3/c1-14-18(19(23)28(26-14)13-15-5-7-16(24)8-6-15)20(29)25-17-9-11-27(12-10-17)21(30)31-22(2,3)4/h5-8,17H,9-13H2,1-4H3,(H,25,29). The molecule has 0 aliphatic carbocycles. The molecule has 0 atom stereocenters. The van der Waals surface area contributed by atoms with Crippen molar-refractivity contribution in [2.24, 2.45) is 0 Å². The van der Waals surface area contributed by atoms with Crippen LogP contribution in [0.4, 0.5) is 9.18 Å². The van der Waals surface area contributed by atoms with Gasteiger partial charge < -0.3 is 15.0 Å². The van der Waals surface area contributed by atoms with Crippen LogP contribution in [0.2, 0.25) is 5.15 Å². The number of benzene rings is 1. The molecule has 7 nitrogen and oxygen atoms in total. The minimum Gasteiger partial charge on any atom is -0.444 e. The molecule has 2 aromatic rings. The molecule has 31 heavy (non-hydrogen) atoms. The number of carbonyl (C=O) groups is 2. The molecule has 0 unspecified atom stereocenters. The molecule has 1 saturated heterocycles. The summed E-state index contributed by atoms with van der Waals surface area (Å²) in [7, 11) is 0. The number of aromatic nitrogens is 2. The van der Waals surface area contributed by atoms with Crippen LogP contribution in [0.3, 0.4) is 0 Å². The second-order valence-corrected chi connectivity index (χ2v) is 9.11. The fourth-order valence-electron chi connectivity index (χ4n) is 3.47. The molecule has 0 spiro atoms. The van der Waals surface area contributed by atoms with Gasteiger partial charge >= 0.3 is 6.09 Å². The summed E-state index contributed by atoms with van der Waals surface area (Å²) in [5.41, 5.74) is 1.14. The van der Waals surface area contributed by atoms with E-state index in [9.17, 15) is 14.0 Å². The van der Waals surface area contributed by atoms with Gasteiger partial charge in [0.1, 0.15) is 16.6 Å². The molecule has 3 rings (SSSR count). The number of carbonyl (C=O) groups excluding carboxylic acids is 2. The molecule has 1 N–H and O–H groups in total. The van der Waals surface area contributed by atoms with E-state index in [0.717, 1.165) is 5.56 Å². The average molecular weight is 451 g/mol.